The summed E-state index contributed by atoms with van der Waals surface area (Å²) in [5.41, 5.74) is 2.83. The van der Waals surface area contributed by atoms with Gasteiger partial charge in [-0.05, 0) is 80.6 Å². The van der Waals surface area contributed by atoms with Crippen molar-refractivity contribution >= 4 is 32.7 Å². The van der Waals surface area contributed by atoms with Crippen LogP contribution in [0.3, 0.4) is 0 Å². The predicted octanol–water partition coefficient (Wildman–Crippen LogP) is 6.02. The molecule has 1 saturated heterocycles. The maximum atomic E-state index is 13.4. The van der Waals surface area contributed by atoms with E-state index in [-0.39, 0.29) is 16.9 Å². The molecule has 0 radical (unpaired) electrons. The number of piperazine rings is 1. The lowest BCUT2D eigenvalue weighted by molar-refractivity contribution is 0.0952. The van der Waals surface area contributed by atoms with Crippen molar-refractivity contribution in [1.82, 2.24) is 10.2 Å². The molecule has 12 heteroatoms. The first-order valence-electron chi connectivity index (χ1n) is 16.2. The van der Waals surface area contributed by atoms with Crippen LogP contribution in [0.15, 0.2) is 106 Å². The number of rotatable bonds is 10. The Bertz CT molecular complexity index is 2070. The van der Waals surface area contributed by atoms with E-state index in [2.05, 4.69) is 21.2 Å². The van der Waals surface area contributed by atoms with Crippen molar-refractivity contribution in [3.63, 3.8) is 0 Å². The summed E-state index contributed by atoms with van der Waals surface area (Å²) in [6, 6.07) is 30.2. The molecule has 0 bridgehead atoms. The lowest BCUT2D eigenvalue weighted by Crippen LogP contribution is -2.47. The summed E-state index contributed by atoms with van der Waals surface area (Å²) in [5.74, 6) is 2.48. The quantitative estimate of drug-likeness (QED) is 0.132. The largest absolute Gasteiger partial charge is 0.495 e. The first-order chi connectivity index (χ1) is 24.0. The number of fused-ring (bicyclic) bond motifs is 1. The Balaban J connectivity index is 0.000000908. The third kappa shape index (κ3) is 9.50. The number of benzene rings is 4. The number of nitrogens with one attached hydrogen (secondary N) is 1. The Hall–Kier alpha value is -5.17. The van der Waals surface area contributed by atoms with Gasteiger partial charge in [-0.1, -0.05) is 36.4 Å². The molecular formula is C38H41N3O8S. The molecule has 1 aliphatic rings. The normalized spacial score (nSPS) is 13.3. The Kier molecular flexibility index (Phi) is 11.9. The number of methoxy groups -OCH3 is 1. The summed E-state index contributed by atoms with van der Waals surface area (Å²) in [6.07, 6.45) is 1.53. The number of ether oxygens (including phenoxy) is 2. The van der Waals surface area contributed by atoms with Gasteiger partial charge in [0.2, 0.25) is 0 Å². The van der Waals surface area contributed by atoms with Gasteiger partial charge in [0, 0.05) is 43.9 Å². The predicted molar refractivity (Wildman–Crippen MR) is 195 cm³/mol. The zero-order valence-electron chi connectivity index (χ0n) is 28.3. The van der Waals surface area contributed by atoms with Crippen LogP contribution in [0.25, 0.3) is 22.3 Å². The zero-order valence-corrected chi connectivity index (χ0v) is 29.1. The summed E-state index contributed by atoms with van der Waals surface area (Å²) < 4.78 is 43.6. The Morgan fingerprint density at radius 1 is 0.880 bits per heavy atom. The smallest absolute Gasteiger partial charge is 0.261 e. The fraction of sp³-hybridized carbons (Fsp3) is 0.263. The van der Waals surface area contributed by atoms with E-state index in [0.717, 1.165) is 61.9 Å². The summed E-state index contributed by atoms with van der Waals surface area (Å²) in [7, 11) is -1.96. The van der Waals surface area contributed by atoms with E-state index in [1.807, 2.05) is 72.8 Å². The molecule has 2 N–H and O–H groups in total. The second-order valence-corrected chi connectivity index (χ2v) is 13.3. The minimum Gasteiger partial charge on any atom is -0.495 e. The highest BCUT2D eigenvalue weighted by Gasteiger charge is 2.21. The van der Waals surface area contributed by atoms with Crippen LogP contribution in [0.1, 0.15) is 22.3 Å². The van der Waals surface area contributed by atoms with Crippen LogP contribution in [-0.4, -0.2) is 76.4 Å². The standard InChI is InChI=1S/C37H37N3O5.CH4O3S/c1-26-34(41)30-12-8-13-31(36(30)45-35(26)27-16-18-29(19-17-27)44-28-10-4-3-5-11-28)37(42)38-20-9-21-39-22-24-40(25-23-39)32-14-6-7-15-33(32)43-2;1-5(2,3)4/h3-8,10-19H,9,20-25H2,1-2H3,(H,38,42);1H3,(H,2,3,4). The molecule has 1 aliphatic heterocycles. The van der Waals surface area contributed by atoms with E-state index >= 15 is 0 Å². The molecule has 4 aromatic carbocycles. The van der Waals surface area contributed by atoms with Gasteiger partial charge in [0.15, 0.2) is 11.0 Å². The summed E-state index contributed by atoms with van der Waals surface area (Å²) in [6.45, 7) is 6.90. The number of hydrogen-bond donors (Lipinski definition) is 2. The van der Waals surface area contributed by atoms with Gasteiger partial charge < -0.3 is 24.1 Å². The third-order valence-electron chi connectivity index (χ3n) is 8.22. The number of hydrogen-bond acceptors (Lipinski definition) is 9. The second kappa shape index (κ2) is 16.5. The van der Waals surface area contributed by atoms with Crippen molar-refractivity contribution in [2.45, 2.75) is 13.3 Å². The monoisotopic (exact) mass is 699 g/mol. The first kappa shape index (κ1) is 36.1. The highest BCUT2D eigenvalue weighted by Crippen LogP contribution is 2.31. The minimum atomic E-state index is -3.67. The highest BCUT2D eigenvalue weighted by atomic mass is 32.2. The van der Waals surface area contributed by atoms with Crippen molar-refractivity contribution in [1.29, 1.82) is 0 Å². The summed E-state index contributed by atoms with van der Waals surface area (Å²) in [5, 5.41) is 3.42. The number of anilines is 1. The topological polar surface area (TPSA) is 139 Å². The molecule has 11 nitrogen and oxygen atoms in total. The number of carbonyl (C=O) groups excluding carboxylic acids is 1. The van der Waals surface area contributed by atoms with E-state index < -0.39 is 10.1 Å². The molecule has 0 unspecified atom stereocenters. The van der Waals surface area contributed by atoms with Crippen LogP contribution >= 0.6 is 0 Å². The average molecular weight is 700 g/mol. The van der Waals surface area contributed by atoms with Gasteiger partial charge in [-0.25, -0.2) is 0 Å². The van der Waals surface area contributed by atoms with E-state index in [0.29, 0.717) is 40.8 Å². The van der Waals surface area contributed by atoms with Crippen LogP contribution in [-0.2, 0) is 10.1 Å². The van der Waals surface area contributed by atoms with Crippen LogP contribution in [0.5, 0.6) is 17.2 Å². The molecule has 0 atom stereocenters. The molecule has 1 amide bonds. The SMILES string of the molecule is COc1ccccc1N1CCN(CCCNC(=O)c2cccc3c(=O)c(C)c(-c4ccc(Oc5ccccc5)cc4)oc23)CC1.CS(=O)(=O)O. The fourth-order valence-corrected chi connectivity index (χ4v) is 5.77. The zero-order chi connectivity index (χ0) is 35.7. The minimum absolute atomic E-state index is 0.155. The fourth-order valence-electron chi connectivity index (χ4n) is 5.77. The van der Waals surface area contributed by atoms with Gasteiger partial charge in [0.05, 0.1) is 30.0 Å². The number of nitrogens with zero attached hydrogens (tertiary/aromatic N) is 2. The average Bonchev–Trinajstić information content (AvgIpc) is 3.11. The summed E-state index contributed by atoms with van der Waals surface area (Å²) in [4.78, 5) is 31.4. The maximum absolute atomic E-state index is 13.4. The van der Waals surface area contributed by atoms with E-state index in [9.17, 15) is 18.0 Å². The van der Waals surface area contributed by atoms with Crippen LogP contribution in [0, 0.1) is 6.92 Å². The van der Waals surface area contributed by atoms with Crippen molar-refractivity contribution in [2.75, 3.05) is 57.5 Å². The summed E-state index contributed by atoms with van der Waals surface area (Å²) >= 11 is 0. The number of carbonyl (C=O) groups is 1. The van der Waals surface area contributed by atoms with Crippen LogP contribution in [0.2, 0.25) is 0 Å². The van der Waals surface area contributed by atoms with Gasteiger partial charge in [0.1, 0.15) is 23.0 Å². The molecule has 1 aromatic heterocycles. The van der Waals surface area contributed by atoms with E-state index in [4.69, 9.17) is 18.4 Å². The number of para-hydroxylation sites is 4. The molecule has 0 aliphatic carbocycles. The van der Waals surface area contributed by atoms with Gasteiger partial charge in [-0.15, -0.1) is 0 Å². The van der Waals surface area contributed by atoms with Gasteiger partial charge >= 0.3 is 0 Å². The molecule has 6 rings (SSSR count). The molecule has 1 fully saturated rings. The van der Waals surface area contributed by atoms with Crippen molar-refractivity contribution in [3.05, 3.63) is 118 Å². The number of amides is 1. The van der Waals surface area contributed by atoms with E-state index in [1.54, 1.807) is 32.2 Å². The van der Waals surface area contributed by atoms with Crippen LogP contribution < -0.4 is 25.1 Å². The maximum Gasteiger partial charge on any atom is 0.261 e. The third-order valence-corrected chi connectivity index (χ3v) is 8.22. The molecule has 50 heavy (non-hydrogen) atoms. The van der Waals surface area contributed by atoms with E-state index in [1.165, 1.54) is 0 Å². The van der Waals surface area contributed by atoms with Crippen molar-refractivity contribution in [2.24, 2.45) is 0 Å². The van der Waals surface area contributed by atoms with Gasteiger partial charge in [0.25, 0.3) is 16.0 Å². The van der Waals surface area contributed by atoms with Crippen molar-refractivity contribution in [3.8, 4) is 28.6 Å². The molecule has 2 heterocycles. The Morgan fingerprint density at radius 3 is 2.20 bits per heavy atom. The Morgan fingerprint density at radius 2 is 1.52 bits per heavy atom. The molecular weight excluding hydrogens is 658 g/mol. The van der Waals surface area contributed by atoms with Crippen molar-refractivity contribution < 1.29 is 31.7 Å². The highest BCUT2D eigenvalue weighted by molar-refractivity contribution is 7.85. The first-order valence-corrected chi connectivity index (χ1v) is 18.1. The second-order valence-electron chi connectivity index (χ2n) is 11.9. The molecule has 262 valence electrons. The van der Waals surface area contributed by atoms with Gasteiger partial charge in [-0.2, -0.15) is 8.42 Å². The molecule has 0 saturated carbocycles. The van der Waals surface area contributed by atoms with Crippen LogP contribution in [0.4, 0.5) is 5.69 Å². The lowest BCUT2D eigenvalue weighted by Gasteiger charge is -2.36. The van der Waals surface area contributed by atoms with Gasteiger partial charge in [-0.3, -0.25) is 19.0 Å². The molecule has 0 spiro atoms. The Labute approximate surface area is 291 Å². The molecule has 5 aromatic rings. The lowest BCUT2D eigenvalue weighted by atomic mass is 10.0.